The van der Waals surface area contributed by atoms with Crippen LogP contribution in [0.4, 0.5) is 5.69 Å². The lowest BCUT2D eigenvalue weighted by molar-refractivity contribution is 0.0102. The zero-order valence-corrected chi connectivity index (χ0v) is 16.7. The molecule has 0 aromatic heterocycles. The molecule has 3 rings (SSSR count). The van der Waals surface area contributed by atoms with Crippen LogP contribution in [0.5, 0.6) is 5.75 Å². The van der Waals surface area contributed by atoms with E-state index in [4.69, 9.17) is 21.7 Å². The number of para-hydroxylation sites is 2. The molecule has 0 aliphatic carbocycles. The number of benzene rings is 2. The smallest absolute Gasteiger partial charge is 0.171 e. The van der Waals surface area contributed by atoms with Crippen LogP contribution in [-0.4, -0.2) is 49.5 Å². The van der Waals surface area contributed by atoms with E-state index in [1.54, 1.807) is 7.11 Å². The zero-order chi connectivity index (χ0) is 19.1. The topological polar surface area (TPSA) is 45.8 Å². The molecule has 2 aromatic carbocycles. The minimum atomic E-state index is 0.125. The SMILES string of the molecule is COc1ccccc1NC(=S)NC(C)C(c1ccccc1)N1CCOCC1. The van der Waals surface area contributed by atoms with E-state index in [2.05, 4.69) is 46.7 Å². The second-order valence-corrected chi connectivity index (χ2v) is 7.00. The Labute approximate surface area is 166 Å². The van der Waals surface area contributed by atoms with Crippen LogP contribution < -0.4 is 15.4 Å². The summed E-state index contributed by atoms with van der Waals surface area (Å²) >= 11 is 5.57. The van der Waals surface area contributed by atoms with Crippen molar-refractivity contribution in [3.05, 3.63) is 60.2 Å². The monoisotopic (exact) mass is 385 g/mol. The van der Waals surface area contributed by atoms with Gasteiger partial charge in [0.25, 0.3) is 0 Å². The Morgan fingerprint density at radius 3 is 2.44 bits per heavy atom. The molecule has 1 heterocycles. The Morgan fingerprint density at radius 1 is 1.07 bits per heavy atom. The average molecular weight is 386 g/mol. The standard InChI is InChI=1S/C21H27N3O2S/c1-16(22-21(27)23-18-10-6-7-11-19(18)25-2)20(17-8-4-3-5-9-17)24-12-14-26-15-13-24/h3-11,16,20H,12-15H2,1-2H3,(H2,22,23,27). The minimum Gasteiger partial charge on any atom is -0.495 e. The molecule has 2 atom stereocenters. The predicted octanol–water partition coefficient (Wildman–Crippen LogP) is 3.44. The van der Waals surface area contributed by atoms with E-state index in [0.29, 0.717) is 5.11 Å². The highest BCUT2D eigenvalue weighted by Crippen LogP contribution is 2.26. The van der Waals surface area contributed by atoms with Gasteiger partial charge < -0.3 is 20.1 Å². The fourth-order valence-electron chi connectivity index (χ4n) is 3.51. The van der Waals surface area contributed by atoms with Gasteiger partial charge in [-0.1, -0.05) is 42.5 Å². The second kappa shape index (κ2) is 9.69. The van der Waals surface area contributed by atoms with Gasteiger partial charge in [-0.3, -0.25) is 4.90 Å². The molecule has 0 radical (unpaired) electrons. The highest BCUT2D eigenvalue weighted by molar-refractivity contribution is 7.80. The molecule has 0 saturated carbocycles. The van der Waals surface area contributed by atoms with Crippen LogP contribution in [0.15, 0.2) is 54.6 Å². The molecule has 1 aliphatic heterocycles. The first-order valence-corrected chi connectivity index (χ1v) is 9.67. The number of hydrogen-bond acceptors (Lipinski definition) is 4. The van der Waals surface area contributed by atoms with E-state index in [1.165, 1.54) is 5.56 Å². The van der Waals surface area contributed by atoms with Gasteiger partial charge in [-0.15, -0.1) is 0 Å². The van der Waals surface area contributed by atoms with Crippen molar-refractivity contribution in [1.82, 2.24) is 10.2 Å². The summed E-state index contributed by atoms with van der Waals surface area (Å²) in [5.74, 6) is 0.766. The molecule has 27 heavy (non-hydrogen) atoms. The van der Waals surface area contributed by atoms with Crippen molar-refractivity contribution in [2.75, 3.05) is 38.7 Å². The second-order valence-electron chi connectivity index (χ2n) is 6.59. The van der Waals surface area contributed by atoms with Crippen LogP contribution in [0.1, 0.15) is 18.5 Å². The third-order valence-electron chi connectivity index (χ3n) is 4.77. The van der Waals surface area contributed by atoms with Crippen LogP contribution in [0.25, 0.3) is 0 Å². The van der Waals surface area contributed by atoms with E-state index < -0.39 is 0 Å². The van der Waals surface area contributed by atoms with Gasteiger partial charge in [-0.25, -0.2) is 0 Å². The maximum Gasteiger partial charge on any atom is 0.171 e. The summed E-state index contributed by atoms with van der Waals surface area (Å²) in [5, 5.41) is 7.30. The summed E-state index contributed by atoms with van der Waals surface area (Å²) in [5.41, 5.74) is 2.13. The zero-order valence-electron chi connectivity index (χ0n) is 15.9. The first-order chi connectivity index (χ1) is 13.2. The maximum atomic E-state index is 5.57. The molecule has 6 heteroatoms. The Hall–Kier alpha value is -2.15. The largest absolute Gasteiger partial charge is 0.495 e. The fourth-order valence-corrected chi connectivity index (χ4v) is 3.81. The summed E-state index contributed by atoms with van der Waals surface area (Å²) in [4.78, 5) is 2.46. The molecule has 1 fully saturated rings. The van der Waals surface area contributed by atoms with Crippen molar-refractivity contribution in [2.24, 2.45) is 0 Å². The molecule has 2 aromatic rings. The highest BCUT2D eigenvalue weighted by Gasteiger charge is 2.28. The van der Waals surface area contributed by atoms with Crippen LogP contribution in [0, 0.1) is 0 Å². The average Bonchev–Trinajstić information content (AvgIpc) is 2.70. The van der Waals surface area contributed by atoms with Gasteiger partial charge in [0, 0.05) is 19.1 Å². The lowest BCUT2D eigenvalue weighted by atomic mass is 9.98. The third kappa shape index (κ3) is 5.19. The van der Waals surface area contributed by atoms with Gasteiger partial charge in [0.2, 0.25) is 0 Å². The van der Waals surface area contributed by atoms with Crippen molar-refractivity contribution >= 4 is 23.0 Å². The number of nitrogens with zero attached hydrogens (tertiary/aromatic N) is 1. The van der Waals surface area contributed by atoms with Crippen LogP contribution in [-0.2, 0) is 4.74 Å². The number of nitrogens with one attached hydrogen (secondary N) is 2. The maximum absolute atomic E-state index is 5.57. The van der Waals surface area contributed by atoms with Crippen molar-refractivity contribution in [2.45, 2.75) is 19.0 Å². The van der Waals surface area contributed by atoms with Gasteiger partial charge in [0.05, 0.1) is 32.1 Å². The summed E-state index contributed by atoms with van der Waals surface area (Å²) in [6, 6.07) is 18.7. The molecule has 2 unspecified atom stereocenters. The van der Waals surface area contributed by atoms with Gasteiger partial charge in [-0.2, -0.15) is 0 Å². The Morgan fingerprint density at radius 2 is 1.74 bits per heavy atom. The molecule has 2 N–H and O–H groups in total. The van der Waals surface area contributed by atoms with Crippen molar-refractivity contribution in [1.29, 1.82) is 0 Å². The molecular weight excluding hydrogens is 358 g/mol. The molecule has 0 bridgehead atoms. The number of morpholine rings is 1. The number of rotatable bonds is 6. The molecule has 1 aliphatic rings. The van der Waals surface area contributed by atoms with E-state index in [1.807, 2.05) is 30.3 Å². The molecule has 0 spiro atoms. The van der Waals surface area contributed by atoms with Crippen molar-refractivity contribution in [3.8, 4) is 5.75 Å². The summed E-state index contributed by atoms with van der Waals surface area (Å²) in [6.07, 6.45) is 0. The predicted molar refractivity (Wildman–Crippen MR) is 113 cm³/mol. The Kier molecular flexibility index (Phi) is 7.04. The molecular formula is C21H27N3O2S. The van der Waals surface area contributed by atoms with E-state index >= 15 is 0 Å². The lowest BCUT2D eigenvalue weighted by Crippen LogP contribution is -2.49. The van der Waals surface area contributed by atoms with Gasteiger partial charge in [-0.05, 0) is 36.8 Å². The number of ether oxygens (including phenoxy) is 2. The third-order valence-corrected chi connectivity index (χ3v) is 4.99. The Balaban J connectivity index is 1.71. The number of methoxy groups -OCH3 is 1. The van der Waals surface area contributed by atoms with Gasteiger partial charge >= 0.3 is 0 Å². The first kappa shape index (κ1) is 19.6. The first-order valence-electron chi connectivity index (χ1n) is 9.26. The molecule has 0 amide bonds. The fraction of sp³-hybridized carbons (Fsp3) is 0.381. The molecule has 144 valence electrons. The number of hydrogen-bond donors (Lipinski definition) is 2. The summed E-state index contributed by atoms with van der Waals surface area (Å²) in [6.45, 7) is 5.53. The van der Waals surface area contributed by atoms with Crippen molar-refractivity contribution in [3.63, 3.8) is 0 Å². The van der Waals surface area contributed by atoms with E-state index in [-0.39, 0.29) is 12.1 Å². The van der Waals surface area contributed by atoms with Crippen molar-refractivity contribution < 1.29 is 9.47 Å². The number of anilines is 1. The highest BCUT2D eigenvalue weighted by atomic mass is 32.1. The molecule has 5 nitrogen and oxygen atoms in total. The lowest BCUT2D eigenvalue weighted by Gasteiger charge is -2.38. The number of thiocarbonyl (C=S) groups is 1. The minimum absolute atomic E-state index is 0.125. The van der Waals surface area contributed by atoms with Crippen LogP contribution in [0.2, 0.25) is 0 Å². The summed E-state index contributed by atoms with van der Waals surface area (Å²) in [7, 11) is 1.66. The van der Waals surface area contributed by atoms with E-state index in [9.17, 15) is 0 Å². The molecule has 1 saturated heterocycles. The normalized spacial score (nSPS) is 17.0. The van der Waals surface area contributed by atoms with Gasteiger partial charge in [0.15, 0.2) is 5.11 Å². The quantitative estimate of drug-likeness (QED) is 0.743. The van der Waals surface area contributed by atoms with Crippen LogP contribution in [0.3, 0.4) is 0 Å². The Bertz CT molecular complexity index is 735. The summed E-state index contributed by atoms with van der Waals surface area (Å²) < 4.78 is 10.9. The van der Waals surface area contributed by atoms with Crippen LogP contribution >= 0.6 is 12.2 Å². The van der Waals surface area contributed by atoms with Gasteiger partial charge in [0.1, 0.15) is 5.75 Å². The van der Waals surface area contributed by atoms with E-state index in [0.717, 1.165) is 37.7 Å².